The highest BCUT2D eigenvalue weighted by Crippen LogP contribution is 2.31. The van der Waals surface area contributed by atoms with Crippen LogP contribution in [0, 0.1) is 6.92 Å². The summed E-state index contributed by atoms with van der Waals surface area (Å²) >= 11 is 0. The van der Waals surface area contributed by atoms with E-state index in [0.717, 1.165) is 32.3 Å². The lowest BCUT2D eigenvalue weighted by atomic mass is 9.85. The third-order valence-corrected chi connectivity index (χ3v) is 4.10. The van der Waals surface area contributed by atoms with Crippen LogP contribution in [0.1, 0.15) is 38.2 Å². The maximum absolute atomic E-state index is 6.08. The van der Waals surface area contributed by atoms with Crippen molar-refractivity contribution < 1.29 is 4.74 Å². The molecule has 0 saturated carbocycles. The Hall–Kier alpha value is -1.06. The molecule has 2 rings (SSSR count). The van der Waals surface area contributed by atoms with Crippen molar-refractivity contribution in [2.75, 3.05) is 18.5 Å². The van der Waals surface area contributed by atoms with Crippen molar-refractivity contribution >= 4 is 5.69 Å². The van der Waals surface area contributed by atoms with Crippen molar-refractivity contribution in [3.05, 3.63) is 29.8 Å². The van der Waals surface area contributed by atoms with E-state index >= 15 is 0 Å². The largest absolute Gasteiger partial charge is 0.378 e. The zero-order valence-corrected chi connectivity index (χ0v) is 12.1. The molecule has 2 atom stereocenters. The number of anilines is 1. The lowest BCUT2D eigenvalue weighted by Crippen LogP contribution is -2.52. The maximum atomic E-state index is 6.08. The molecule has 3 N–H and O–H groups in total. The lowest BCUT2D eigenvalue weighted by Gasteiger charge is -2.42. The molecular weight excluding hydrogens is 236 g/mol. The number of hydrogen-bond donors (Lipinski definition) is 2. The van der Waals surface area contributed by atoms with Gasteiger partial charge in [0.15, 0.2) is 0 Å². The van der Waals surface area contributed by atoms with Crippen molar-refractivity contribution in [3.8, 4) is 0 Å². The molecular formula is C16H26N2O. The molecule has 0 spiro atoms. The third kappa shape index (κ3) is 3.48. The van der Waals surface area contributed by atoms with Gasteiger partial charge < -0.3 is 15.8 Å². The van der Waals surface area contributed by atoms with Gasteiger partial charge in [-0.15, -0.1) is 0 Å². The zero-order chi connectivity index (χ0) is 13.7. The summed E-state index contributed by atoms with van der Waals surface area (Å²) in [4.78, 5) is 0. The molecule has 106 valence electrons. The van der Waals surface area contributed by atoms with Gasteiger partial charge in [0, 0.05) is 18.8 Å². The van der Waals surface area contributed by atoms with E-state index in [0.29, 0.717) is 12.6 Å². The molecule has 1 aliphatic heterocycles. The first kappa shape index (κ1) is 14.4. The van der Waals surface area contributed by atoms with Crippen molar-refractivity contribution in [2.24, 2.45) is 5.73 Å². The standard InChI is InChI=1S/C16H26N2O/c1-3-6-14-11-16(12-17,9-10-19-14)18-15-8-5-4-7-13(15)2/h4-5,7-8,14,18H,3,6,9-12,17H2,1-2H3. The third-order valence-electron chi connectivity index (χ3n) is 4.10. The number of rotatable bonds is 5. The van der Waals surface area contributed by atoms with Gasteiger partial charge >= 0.3 is 0 Å². The van der Waals surface area contributed by atoms with Crippen LogP contribution in [0.2, 0.25) is 0 Å². The first-order valence-electron chi connectivity index (χ1n) is 7.34. The molecule has 2 unspecified atom stereocenters. The minimum atomic E-state index is -0.00972. The Morgan fingerprint density at radius 2 is 2.21 bits per heavy atom. The van der Waals surface area contributed by atoms with E-state index in [1.54, 1.807) is 0 Å². The Morgan fingerprint density at radius 3 is 2.89 bits per heavy atom. The highest BCUT2D eigenvalue weighted by Gasteiger charge is 2.35. The van der Waals surface area contributed by atoms with Crippen LogP contribution in [0.5, 0.6) is 0 Å². The van der Waals surface area contributed by atoms with Gasteiger partial charge in [-0.3, -0.25) is 0 Å². The number of hydrogen-bond acceptors (Lipinski definition) is 3. The fraction of sp³-hybridized carbons (Fsp3) is 0.625. The fourth-order valence-corrected chi connectivity index (χ4v) is 2.87. The van der Waals surface area contributed by atoms with E-state index in [1.165, 1.54) is 11.3 Å². The number of nitrogens with two attached hydrogens (primary N) is 1. The average molecular weight is 262 g/mol. The van der Waals surface area contributed by atoms with E-state index in [-0.39, 0.29) is 5.54 Å². The molecule has 1 aromatic rings. The second kappa shape index (κ2) is 6.40. The van der Waals surface area contributed by atoms with Crippen molar-refractivity contribution in [3.63, 3.8) is 0 Å². The van der Waals surface area contributed by atoms with E-state index in [9.17, 15) is 0 Å². The van der Waals surface area contributed by atoms with Crippen LogP contribution in [-0.2, 0) is 4.74 Å². The van der Waals surface area contributed by atoms with E-state index in [4.69, 9.17) is 10.5 Å². The summed E-state index contributed by atoms with van der Waals surface area (Å²) < 4.78 is 5.85. The highest BCUT2D eigenvalue weighted by molar-refractivity contribution is 5.52. The zero-order valence-electron chi connectivity index (χ0n) is 12.1. The van der Waals surface area contributed by atoms with Crippen LogP contribution in [0.25, 0.3) is 0 Å². The van der Waals surface area contributed by atoms with Crippen LogP contribution >= 0.6 is 0 Å². The van der Waals surface area contributed by atoms with Gasteiger partial charge in [0.05, 0.1) is 11.6 Å². The van der Waals surface area contributed by atoms with Gasteiger partial charge in [0.1, 0.15) is 0 Å². The highest BCUT2D eigenvalue weighted by atomic mass is 16.5. The van der Waals surface area contributed by atoms with E-state index in [1.807, 2.05) is 0 Å². The summed E-state index contributed by atoms with van der Waals surface area (Å²) in [5.41, 5.74) is 8.54. The van der Waals surface area contributed by atoms with Crippen LogP contribution in [-0.4, -0.2) is 24.8 Å². The molecule has 19 heavy (non-hydrogen) atoms. The van der Waals surface area contributed by atoms with Gasteiger partial charge in [-0.1, -0.05) is 31.5 Å². The summed E-state index contributed by atoms with van der Waals surface area (Å²) in [6, 6.07) is 8.41. The maximum Gasteiger partial charge on any atom is 0.0597 e. The van der Waals surface area contributed by atoms with Crippen LogP contribution < -0.4 is 11.1 Å². The average Bonchev–Trinajstić information content (AvgIpc) is 2.42. The molecule has 0 bridgehead atoms. The normalized spacial score (nSPS) is 27.2. The Balaban J connectivity index is 2.11. The van der Waals surface area contributed by atoms with Crippen molar-refractivity contribution in [2.45, 2.75) is 51.2 Å². The van der Waals surface area contributed by atoms with Gasteiger partial charge in [0.25, 0.3) is 0 Å². The lowest BCUT2D eigenvalue weighted by molar-refractivity contribution is -0.0155. The quantitative estimate of drug-likeness (QED) is 0.857. The van der Waals surface area contributed by atoms with Crippen molar-refractivity contribution in [1.29, 1.82) is 0 Å². The fourth-order valence-electron chi connectivity index (χ4n) is 2.87. The summed E-state index contributed by atoms with van der Waals surface area (Å²) in [6.07, 6.45) is 4.62. The molecule has 3 nitrogen and oxygen atoms in total. The summed E-state index contributed by atoms with van der Waals surface area (Å²) in [7, 11) is 0. The Bertz CT molecular complexity index is 405. The first-order chi connectivity index (χ1) is 9.19. The van der Waals surface area contributed by atoms with E-state index < -0.39 is 0 Å². The predicted octanol–water partition coefficient (Wildman–Crippen LogP) is 3.08. The Morgan fingerprint density at radius 1 is 1.42 bits per heavy atom. The molecule has 1 aromatic carbocycles. The SMILES string of the molecule is CCCC1CC(CN)(Nc2ccccc2C)CCO1. The second-order valence-corrected chi connectivity index (χ2v) is 5.66. The molecule has 0 amide bonds. The molecule has 0 aliphatic carbocycles. The second-order valence-electron chi connectivity index (χ2n) is 5.66. The predicted molar refractivity (Wildman–Crippen MR) is 80.5 cm³/mol. The first-order valence-corrected chi connectivity index (χ1v) is 7.34. The molecule has 1 fully saturated rings. The molecule has 3 heteroatoms. The number of para-hydroxylation sites is 1. The summed E-state index contributed by atoms with van der Waals surface area (Å²) in [6.45, 7) is 5.80. The van der Waals surface area contributed by atoms with Crippen LogP contribution in [0.15, 0.2) is 24.3 Å². The minimum absolute atomic E-state index is 0.00972. The van der Waals surface area contributed by atoms with Gasteiger partial charge in [-0.05, 0) is 37.8 Å². The number of aryl methyl sites for hydroxylation is 1. The number of nitrogens with one attached hydrogen (secondary N) is 1. The van der Waals surface area contributed by atoms with Gasteiger partial charge in [-0.2, -0.15) is 0 Å². The molecule has 1 saturated heterocycles. The Labute approximate surface area is 116 Å². The molecule has 0 radical (unpaired) electrons. The molecule has 1 heterocycles. The monoisotopic (exact) mass is 262 g/mol. The minimum Gasteiger partial charge on any atom is -0.378 e. The van der Waals surface area contributed by atoms with Crippen molar-refractivity contribution in [1.82, 2.24) is 0 Å². The number of benzene rings is 1. The summed E-state index contributed by atoms with van der Waals surface area (Å²) in [5.74, 6) is 0. The molecule has 0 aromatic heterocycles. The topological polar surface area (TPSA) is 47.3 Å². The van der Waals surface area contributed by atoms with E-state index in [2.05, 4.69) is 43.4 Å². The number of ether oxygens (including phenoxy) is 1. The molecule has 1 aliphatic rings. The van der Waals surface area contributed by atoms with Crippen LogP contribution in [0.3, 0.4) is 0 Å². The summed E-state index contributed by atoms with van der Waals surface area (Å²) in [5, 5.41) is 3.70. The van der Waals surface area contributed by atoms with Gasteiger partial charge in [0.2, 0.25) is 0 Å². The van der Waals surface area contributed by atoms with Gasteiger partial charge in [-0.25, -0.2) is 0 Å². The Kier molecular flexibility index (Phi) is 4.83. The van der Waals surface area contributed by atoms with Crippen LogP contribution in [0.4, 0.5) is 5.69 Å². The smallest absolute Gasteiger partial charge is 0.0597 e.